The van der Waals surface area contributed by atoms with Crippen LogP contribution in [0.4, 0.5) is 0 Å². The molecule has 0 amide bonds. The lowest BCUT2D eigenvalue weighted by Crippen LogP contribution is -1.99. The third kappa shape index (κ3) is 8.13. The van der Waals surface area contributed by atoms with E-state index in [-0.39, 0.29) is 0 Å². The highest BCUT2D eigenvalue weighted by Gasteiger charge is 1.94. The van der Waals surface area contributed by atoms with Gasteiger partial charge < -0.3 is 9.47 Å². The first-order valence-corrected chi connectivity index (χ1v) is 7.10. The maximum atomic E-state index is 5.58. The van der Waals surface area contributed by atoms with Gasteiger partial charge in [0.05, 0.1) is 6.61 Å². The SMILES string of the molecule is CCCCOCCCCCCOc1[c]cccc1. The predicted molar refractivity (Wildman–Crippen MR) is 75.0 cm³/mol. The average Bonchev–Trinajstić information content (AvgIpc) is 2.42. The summed E-state index contributed by atoms with van der Waals surface area (Å²) >= 11 is 0. The first-order chi connectivity index (χ1) is 8.93. The van der Waals surface area contributed by atoms with E-state index in [1.54, 1.807) is 0 Å². The van der Waals surface area contributed by atoms with Crippen molar-refractivity contribution in [2.75, 3.05) is 19.8 Å². The molecule has 1 rings (SSSR count). The minimum atomic E-state index is 0.789. The Kier molecular flexibility index (Phi) is 9.27. The van der Waals surface area contributed by atoms with Gasteiger partial charge in [-0.25, -0.2) is 0 Å². The van der Waals surface area contributed by atoms with Gasteiger partial charge in [-0.05, 0) is 31.7 Å². The van der Waals surface area contributed by atoms with Gasteiger partial charge in [0.25, 0.3) is 0 Å². The number of para-hydroxylation sites is 1. The van der Waals surface area contributed by atoms with Crippen LogP contribution in [0.2, 0.25) is 0 Å². The third-order valence-corrected chi connectivity index (χ3v) is 2.76. The van der Waals surface area contributed by atoms with E-state index in [2.05, 4.69) is 13.0 Å². The molecule has 0 aromatic heterocycles. The van der Waals surface area contributed by atoms with Crippen LogP contribution in [0.25, 0.3) is 0 Å². The van der Waals surface area contributed by atoms with Gasteiger partial charge in [-0.1, -0.05) is 38.0 Å². The fourth-order valence-corrected chi connectivity index (χ4v) is 1.66. The first-order valence-electron chi connectivity index (χ1n) is 7.10. The van der Waals surface area contributed by atoms with E-state index >= 15 is 0 Å². The standard InChI is InChI=1S/C16H25O2/c1-2-3-13-17-14-9-4-5-10-15-18-16-11-7-6-8-12-16/h6-8,11H,2-5,9-10,13-15H2,1H3. The van der Waals surface area contributed by atoms with Crippen LogP contribution in [0.1, 0.15) is 45.4 Å². The molecule has 0 aliphatic carbocycles. The van der Waals surface area contributed by atoms with Crippen molar-refractivity contribution >= 4 is 0 Å². The van der Waals surface area contributed by atoms with Crippen LogP contribution >= 0.6 is 0 Å². The normalized spacial score (nSPS) is 10.5. The molecule has 0 aliphatic rings. The Labute approximate surface area is 111 Å². The molecule has 0 aliphatic heterocycles. The molecule has 0 atom stereocenters. The van der Waals surface area contributed by atoms with E-state index in [0.29, 0.717) is 0 Å². The Hall–Kier alpha value is -1.02. The Morgan fingerprint density at radius 2 is 1.72 bits per heavy atom. The van der Waals surface area contributed by atoms with Crippen molar-refractivity contribution in [1.29, 1.82) is 0 Å². The van der Waals surface area contributed by atoms with E-state index in [1.165, 1.54) is 32.1 Å². The van der Waals surface area contributed by atoms with Gasteiger partial charge in [-0.15, -0.1) is 0 Å². The summed E-state index contributed by atoms with van der Waals surface area (Å²) in [4.78, 5) is 0. The monoisotopic (exact) mass is 249 g/mol. The molecule has 2 heteroatoms. The summed E-state index contributed by atoms with van der Waals surface area (Å²) in [6, 6.07) is 10.8. The number of hydrogen-bond donors (Lipinski definition) is 0. The van der Waals surface area contributed by atoms with E-state index in [9.17, 15) is 0 Å². The molecule has 0 fully saturated rings. The summed E-state index contributed by atoms with van der Waals surface area (Å²) in [5.74, 6) is 0.848. The Morgan fingerprint density at radius 1 is 0.944 bits per heavy atom. The molecule has 1 radical (unpaired) electrons. The van der Waals surface area contributed by atoms with Crippen molar-refractivity contribution in [2.45, 2.75) is 45.4 Å². The second-order valence-electron chi connectivity index (χ2n) is 4.46. The maximum Gasteiger partial charge on any atom is 0.127 e. The zero-order valence-electron chi connectivity index (χ0n) is 11.5. The van der Waals surface area contributed by atoms with Crippen molar-refractivity contribution in [3.63, 3.8) is 0 Å². The quantitative estimate of drug-likeness (QED) is 0.546. The molecule has 18 heavy (non-hydrogen) atoms. The summed E-state index contributed by atoms with van der Waals surface area (Å²) in [6.45, 7) is 4.81. The molecule has 0 N–H and O–H groups in total. The highest BCUT2D eigenvalue weighted by Crippen LogP contribution is 2.08. The molecule has 0 saturated heterocycles. The van der Waals surface area contributed by atoms with Crippen LogP contribution in [0.3, 0.4) is 0 Å². The van der Waals surface area contributed by atoms with Gasteiger partial charge in [0.2, 0.25) is 0 Å². The molecule has 0 heterocycles. The van der Waals surface area contributed by atoms with E-state index in [0.717, 1.165) is 32.0 Å². The largest absolute Gasteiger partial charge is 0.493 e. The van der Waals surface area contributed by atoms with Crippen LogP contribution in [0.5, 0.6) is 5.75 Å². The number of hydrogen-bond acceptors (Lipinski definition) is 2. The molecular formula is C16H25O2. The van der Waals surface area contributed by atoms with Crippen LogP contribution in [0, 0.1) is 6.07 Å². The molecule has 1 aromatic carbocycles. The van der Waals surface area contributed by atoms with Gasteiger partial charge >= 0.3 is 0 Å². The zero-order valence-corrected chi connectivity index (χ0v) is 11.5. The van der Waals surface area contributed by atoms with Gasteiger partial charge in [-0.3, -0.25) is 0 Å². The lowest BCUT2D eigenvalue weighted by Gasteiger charge is -2.05. The van der Waals surface area contributed by atoms with Crippen molar-refractivity contribution in [1.82, 2.24) is 0 Å². The molecule has 0 bridgehead atoms. The van der Waals surface area contributed by atoms with Crippen molar-refractivity contribution in [2.24, 2.45) is 0 Å². The third-order valence-electron chi connectivity index (χ3n) is 2.76. The Bertz CT molecular complexity index is 272. The first kappa shape index (κ1) is 15.0. The zero-order chi connectivity index (χ0) is 12.9. The van der Waals surface area contributed by atoms with Crippen LogP contribution in [-0.4, -0.2) is 19.8 Å². The smallest absolute Gasteiger partial charge is 0.127 e. The Balaban J connectivity index is 1.82. The summed E-state index contributed by atoms with van der Waals surface area (Å²) in [5.41, 5.74) is 0. The summed E-state index contributed by atoms with van der Waals surface area (Å²) in [7, 11) is 0. The lowest BCUT2D eigenvalue weighted by atomic mass is 10.2. The number of benzene rings is 1. The van der Waals surface area contributed by atoms with E-state index in [1.807, 2.05) is 24.3 Å². The molecule has 101 valence electrons. The fraction of sp³-hybridized carbons (Fsp3) is 0.625. The average molecular weight is 249 g/mol. The molecule has 0 saturated carbocycles. The lowest BCUT2D eigenvalue weighted by molar-refractivity contribution is 0.126. The summed E-state index contributed by atoms with van der Waals surface area (Å²) in [6.07, 6.45) is 7.12. The molecule has 0 spiro atoms. The number of ether oxygens (including phenoxy) is 2. The van der Waals surface area contributed by atoms with Crippen molar-refractivity contribution in [3.8, 4) is 5.75 Å². The van der Waals surface area contributed by atoms with Gasteiger partial charge in [-0.2, -0.15) is 0 Å². The van der Waals surface area contributed by atoms with Crippen molar-refractivity contribution < 1.29 is 9.47 Å². The summed E-state index contributed by atoms with van der Waals surface area (Å²) in [5, 5.41) is 0. The molecular weight excluding hydrogens is 224 g/mol. The number of rotatable bonds is 11. The maximum absolute atomic E-state index is 5.58. The van der Waals surface area contributed by atoms with Gasteiger partial charge in [0.15, 0.2) is 0 Å². The minimum absolute atomic E-state index is 0.789. The highest BCUT2D eigenvalue weighted by molar-refractivity contribution is 5.19. The molecule has 2 nitrogen and oxygen atoms in total. The highest BCUT2D eigenvalue weighted by atomic mass is 16.5. The van der Waals surface area contributed by atoms with Gasteiger partial charge in [0, 0.05) is 19.3 Å². The predicted octanol–water partition coefficient (Wildman–Crippen LogP) is 4.24. The topological polar surface area (TPSA) is 18.5 Å². The van der Waals surface area contributed by atoms with Gasteiger partial charge in [0.1, 0.15) is 5.75 Å². The van der Waals surface area contributed by atoms with Crippen LogP contribution in [0.15, 0.2) is 24.3 Å². The molecule has 1 aromatic rings. The van der Waals surface area contributed by atoms with Crippen LogP contribution in [-0.2, 0) is 4.74 Å². The number of unbranched alkanes of at least 4 members (excludes halogenated alkanes) is 4. The van der Waals surface area contributed by atoms with Crippen molar-refractivity contribution in [3.05, 3.63) is 30.3 Å². The Morgan fingerprint density at radius 3 is 2.44 bits per heavy atom. The second-order valence-corrected chi connectivity index (χ2v) is 4.46. The second kappa shape index (κ2) is 11.1. The van der Waals surface area contributed by atoms with Crippen LogP contribution < -0.4 is 4.74 Å². The molecule has 0 unspecified atom stereocenters. The minimum Gasteiger partial charge on any atom is -0.493 e. The fourth-order valence-electron chi connectivity index (χ4n) is 1.66. The summed E-state index contributed by atoms with van der Waals surface area (Å²) < 4.78 is 11.1. The van der Waals surface area contributed by atoms with E-state index in [4.69, 9.17) is 9.47 Å². The van der Waals surface area contributed by atoms with E-state index < -0.39 is 0 Å².